The summed E-state index contributed by atoms with van der Waals surface area (Å²) in [6.45, 7) is 7.02. The van der Waals surface area contributed by atoms with E-state index in [2.05, 4.69) is 23.9 Å². The molecule has 3 N–H and O–H groups in total. The molecule has 0 amide bonds. The van der Waals surface area contributed by atoms with Gasteiger partial charge in [0.2, 0.25) is 0 Å². The van der Waals surface area contributed by atoms with Gasteiger partial charge in [0.05, 0.1) is 20.7 Å². The number of non-ortho nitro benzene ring substituents is 1. The predicted octanol–water partition coefficient (Wildman–Crippen LogP) is 5.48. The van der Waals surface area contributed by atoms with Crippen molar-refractivity contribution < 1.29 is 19.3 Å². The molecule has 0 radical (unpaired) electrons. The molecule has 37 heavy (non-hydrogen) atoms. The number of hydrogen-bond acceptors (Lipinski definition) is 8. The highest BCUT2D eigenvalue weighted by atomic mass is 35.5. The molecule has 10 nitrogen and oxygen atoms in total. The molecular formula is C25H28ClN5O5S. The van der Waals surface area contributed by atoms with Gasteiger partial charge in [-0.2, -0.15) is 0 Å². The highest BCUT2D eigenvalue weighted by molar-refractivity contribution is 7.19. The number of piperidine rings is 1. The minimum atomic E-state index is -1.14. The summed E-state index contributed by atoms with van der Waals surface area (Å²) in [4.78, 5) is 25.3. The molecule has 4 aromatic rings. The smallest absolute Gasteiger partial charge is 0.352 e. The lowest BCUT2D eigenvalue weighted by molar-refractivity contribution is -0.384. The van der Waals surface area contributed by atoms with Crippen LogP contribution in [0.3, 0.4) is 0 Å². The fraction of sp³-hybridized carbons (Fsp3) is 0.360. The van der Waals surface area contributed by atoms with Crippen LogP contribution >= 0.6 is 22.9 Å². The molecule has 0 aliphatic carbocycles. The van der Waals surface area contributed by atoms with Crippen LogP contribution in [0.25, 0.3) is 21.5 Å². The van der Waals surface area contributed by atoms with Gasteiger partial charge in [0.25, 0.3) is 5.69 Å². The fourth-order valence-electron chi connectivity index (χ4n) is 4.27. The maximum Gasteiger partial charge on any atom is 0.352 e. The van der Waals surface area contributed by atoms with Gasteiger partial charge in [-0.1, -0.05) is 16.8 Å². The summed E-state index contributed by atoms with van der Waals surface area (Å²) in [5, 5.41) is 24.9. The summed E-state index contributed by atoms with van der Waals surface area (Å²) in [5.41, 5.74) is 6.76. The number of hydrogen-bond donors (Lipinski definition) is 2. The molecule has 196 valence electrons. The van der Waals surface area contributed by atoms with Crippen LogP contribution in [0.1, 0.15) is 42.9 Å². The number of benzene rings is 1. The first-order valence-corrected chi connectivity index (χ1v) is 13.0. The summed E-state index contributed by atoms with van der Waals surface area (Å²) in [7, 11) is 0. The first-order chi connectivity index (χ1) is 17.6. The topological polar surface area (TPSA) is 141 Å². The normalized spacial score (nSPS) is 14.6. The average Bonchev–Trinajstić information content (AvgIpc) is 3.58. The summed E-state index contributed by atoms with van der Waals surface area (Å²) in [6, 6.07) is 12.1. The van der Waals surface area contributed by atoms with Gasteiger partial charge >= 0.3 is 5.97 Å². The molecule has 12 heteroatoms. The Kier molecular flexibility index (Phi) is 8.28. The van der Waals surface area contributed by atoms with Crippen LogP contribution in [0.4, 0.5) is 5.69 Å². The van der Waals surface area contributed by atoms with Crippen molar-refractivity contribution in [3.8, 4) is 10.6 Å². The van der Waals surface area contributed by atoms with Gasteiger partial charge in [0, 0.05) is 41.2 Å². The van der Waals surface area contributed by atoms with Gasteiger partial charge < -0.3 is 24.8 Å². The minimum absolute atomic E-state index is 0.00853. The zero-order valence-electron chi connectivity index (χ0n) is 20.5. The van der Waals surface area contributed by atoms with E-state index in [0.717, 1.165) is 4.88 Å². The van der Waals surface area contributed by atoms with Crippen LogP contribution in [0, 0.1) is 10.1 Å². The molecule has 4 heterocycles. The zero-order valence-corrected chi connectivity index (χ0v) is 22.0. The van der Waals surface area contributed by atoms with E-state index in [9.17, 15) is 20.0 Å². The third kappa shape index (κ3) is 6.37. The van der Waals surface area contributed by atoms with Crippen molar-refractivity contribution in [1.29, 1.82) is 0 Å². The molecule has 3 aromatic heterocycles. The number of rotatable bonds is 6. The molecule has 5 rings (SSSR count). The summed E-state index contributed by atoms with van der Waals surface area (Å²) in [6.07, 6.45) is 2.36. The van der Waals surface area contributed by atoms with E-state index in [1.807, 2.05) is 6.07 Å². The largest absolute Gasteiger partial charge is 0.477 e. The van der Waals surface area contributed by atoms with E-state index < -0.39 is 10.9 Å². The molecule has 1 saturated heterocycles. The average molecular weight is 546 g/mol. The second-order valence-corrected chi connectivity index (χ2v) is 10.9. The summed E-state index contributed by atoms with van der Waals surface area (Å²) in [5.74, 6) is -0.603. The number of nitrogens with zero attached hydrogens (tertiary/aromatic N) is 4. The van der Waals surface area contributed by atoms with Crippen LogP contribution < -0.4 is 5.73 Å². The van der Waals surface area contributed by atoms with Gasteiger partial charge in [-0.3, -0.25) is 10.1 Å². The summed E-state index contributed by atoms with van der Waals surface area (Å²) >= 11 is 7.27. The Balaban J connectivity index is 0.000000270. The third-order valence-electron chi connectivity index (χ3n) is 6.31. The molecule has 0 atom stereocenters. The van der Waals surface area contributed by atoms with Crippen LogP contribution in [0.2, 0.25) is 4.34 Å². The van der Waals surface area contributed by atoms with E-state index in [1.165, 1.54) is 66.1 Å². The van der Waals surface area contributed by atoms with Crippen molar-refractivity contribution in [3.05, 3.63) is 68.3 Å². The lowest BCUT2D eigenvalue weighted by Crippen LogP contribution is -2.42. The Labute approximate surface area is 222 Å². The Morgan fingerprint density at radius 3 is 2.59 bits per heavy atom. The van der Waals surface area contributed by atoms with Gasteiger partial charge in [0.15, 0.2) is 5.76 Å². The van der Waals surface area contributed by atoms with Crippen LogP contribution in [0.5, 0.6) is 0 Å². The molecule has 1 fully saturated rings. The van der Waals surface area contributed by atoms with Crippen molar-refractivity contribution in [2.75, 3.05) is 13.1 Å². The summed E-state index contributed by atoms with van der Waals surface area (Å²) < 4.78 is 7.48. The number of halogens is 1. The number of carboxylic acid groups (broad SMARTS) is 1. The van der Waals surface area contributed by atoms with Crippen LogP contribution in [-0.2, 0) is 6.54 Å². The van der Waals surface area contributed by atoms with E-state index in [-0.39, 0.29) is 17.9 Å². The highest BCUT2D eigenvalue weighted by Gasteiger charge is 2.19. The number of aromatic nitrogens is 2. The van der Waals surface area contributed by atoms with E-state index in [4.69, 9.17) is 21.9 Å². The number of aromatic carboxylic acids is 1. The molecule has 1 aliphatic rings. The zero-order chi connectivity index (χ0) is 26.7. The second kappa shape index (κ2) is 11.4. The molecular weight excluding hydrogens is 518 g/mol. The lowest BCUT2D eigenvalue weighted by Gasteiger charge is -2.32. The lowest BCUT2D eigenvalue weighted by atomic mass is 10.1. The maximum atomic E-state index is 11.6. The van der Waals surface area contributed by atoms with Crippen molar-refractivity contribution in [3.63, 3.8) is 0 Å². The van der Waals surface area contributed by atoms with Crippen molar-refractivity contribution in [2.24, 2.45) is 5.73 Å². The van der Waals surface area contributed by atoms with Crippen LogP contribution in [0.15, 0.2) is 47.0 Å². The van der Waals surface area contributed by atoms with E-state index in [1.54, 1.807) is 12.1 Å². The maximum absolute atomic E-state index is 11.6. The molecule has 0 unspecified atom stereocenters. The fourth-order valence-corrected chi connectivity index (χ4v) is 5.26. The second-order valence-electron chi connectivity index (χ2n) is 9.17. The van der Waals surface area contributed by atoms with Gasteiger partial charge in [-0.05, 0) is 64.0 Å². The number of carbonyl (C=O) groups is 1. The molecule has 1 aromatic carbocycles. The van der Waals surface area contributed by atoms with Crippen molar-refractivity contribution >= 4 is 45.5 Å². The first kappa shape index (κ1) is 26.8. The third-order valence-corrected chi connectivity index (χ3v) is 7.56. The van der Waals surface area contributed by atoms with Gasteiger partial charge in [-0.15, -0.1) is 11.3 Å². The van der Waals surface area contributed by atoms with E-state index in [0.29, 0.717) is 38.8 Å². The number of nitro groups is 1. The molecule has 1 aliphatic heterocycles. The number of nitro benzene ring substituents is 1. The first-order valence-electron chi connectivity index (χ1n) is 11.8. The Morgan fingerprint density at radius 1 is 1.27 bits per heavy atom. The van der Waals surface area contributed by atoms with Gasteiger partial charge in [-0.25, -0.2) is 4.79 Å². The Hall–Kier alpha value is -3.25. The minimum Gasteiger partial charge on any atom is -0.477 e. The molecule has 0 spiro atoms. The predicted molar refractivity (Wildman–Crippen MR) is 143 cm³/mol. The monoisotopic (exact) mass is 545 g/mol. The highest BCUT2D eigenvalue weighted by Crippen LogP contribution is 2.32. The number of fused-ring (bicyclic) bond motifs is 1. The Bertz CT molecular complexity index is 1400. The van der Waals surface area contributed by atoms with E-state index >= 15 is 0 Å². The number of likely N-dealkylation sites (tertiary alicyclic amines) is 1. The Morgan fingerprint density at radius 2 is 2.00 bits per heavy atom. The molecule has 0 bridgehead atoms. The van der Waals surface area contributed by atoms with Crippen molar-refractivity contribution in [1.82, 2.24) is 14.6 Å². The quantitative estimate of drug-likeness (QED) is 0.239. The number of carboxylic acids is 1. The number of thiophene rings is 1. The SMILES string of the molecule is CC(C)N1CCC(N)CC1.O=C(O)c1cc2cc([N+](=O)[O-])ccc2n1Cc1cc(-c2ccc(Cl)s2)on1. The van der Waals surface area contributed by atoms with Gasteiger partial charge in [0.1, 0.15) is 11.4 Å². The van der Waals surface area contributed by atoms with Crippen LogP contribution in [-0.4, -0.2) is 55.8 Å². The number of nitrogens with two attached hydrogens (primary N) is 1. The van der Waals surface area contributed by atoms with Crippen molar-refractivity contribution in [2.45, 2.75) is 45.3 Å². The molecule has 0 saturated carbocycles. The standard InChI is InChI=1S/C17H10ClN3O5S.C8H18N2/c18-16-4-3-15(27-16)14-7-10(19-26-14)8-20-12-2-1-11(21(24)25)5-9(12)6-13(20)17(22)23;1-7(2)10-5-3-8(9)4-6-10/h1-7H,8H2,(H,22,23);7-8H,3-6,9H2,1-2H3.